The van der Waals surface area contributed by atoms with Gasteiger partial charge in [0, 0.05) is 16.5 Å². The molecule has 7 aromatic rings. The molecule has 9 rings (SSSR count). The first-order valence-corrected chi connectivity index (χ1v) is 16.1. The fourth-order valence-electron chi connectivity index (χ4n) is 7.71. The number of furan rings is 1. The van der Waals surface area contributed by atoms with Crippen LogP contribution in [0.2, 0.25) is 0 Å². The molecule has 1 saturated heterocycles. The standard InChI is InChI=1S/C42H34N2O/c1-3-39-43-35-25-26(2)19-24-36(35)44(39)28-22-20-27(21-23-28)40-29-11-4-6-13-31(29)41(32-14-7-5-12-30(32)40)34-16-10-18-38-42(34)33-15-8-9-17-37(33)45-38/h4-18,20-26,39,43H,3,19H2,1-2H3. The van der Waals surface area contributed by atoms with Crippen LogP contribution in [-0.4, -0.2) is 6.17 Å². The minimum Gasteiger partial charge on any atom is -0.456 e. The normalized spacial score (nSPS) is 18.0. The van der Waals surface area contributed by atoms with E-state index in [4.69, 9.17) is 4.42 Å². The number of fused-ring (bicyclic) bond motifs is 6. The third-order valence-electron chi connectivity index (χ3n) is 9.73. The number of nitrogens with zero attached hydrogens (tertiary/aromatic N) is 1. The number of nitrogens with one attached hydrogen (secondary N) is 1. The SMILES string of the molecule is CCC1NC2=CC(C)CC=C2N1c1ccc(-c2c3ccccc3c(-c3cccc4oc5ccccc5c34)c3ccccc23)cc1. The number of rotatable bonds is 4. The molecule has 2 aliphatic rings. The number of benzene rings is 6. The van der Waals surface area contributed by atoms with Crippen LogP contribution in [0.1, 0.15) is 26.7 Å². The van der Waals surface area contributed by atoms with E-state index in [1.165, 1.54) is 66.3 Å². The third-order valence-corrected chi connectivity index (χ3v) is 9.73. The van der Waals surface area contributed by atoms with E-state index in [0.29, 0.717) is 5.92 Å². The Morgan fingerprint density at radius 2 is 1.31 bits per heavy atom. The van der Waals surface area contributed by atoms with E-state index in [-0.39, 0.29) is 6.17 Å². The Morgan fingerprint density at radius 1 is 0.689 bits per heavy atom. The lowest BCUT2D eigenvalue weighted by atomic mass is 9.85. The number of hydrogen-bond donors (Lipinski definition) is 1. The summed E-state index contributed by atoms with van der Waals surface area (Å²) in [7, 11) is 0. The molecule has 0 bridgehead atoms. The second kappa shape index (κ2) is 10.1. The molecule has 0 amide bonds. The Morgan fingerprint density at radius 3 is 2.00 bits per heavy atom. The second-order valence-corrected chi connectivity index (χ2v) is 12.5. The van der Waals surface area contributed by atoms with Crippen molar-refractivity contribution in [2.24, 2.45) is 5.92 Å². The van der Waals surface area contributed by atoms with Gasteiger partial charge in [0.15, 0.2) is 0 Å². The van der Waals surface area contributed by atoms with Gasteiger partial charge in [-0.1, -0.05) is 117 Å². The van der Waals surface area contributed by atoms with Crippen LogP contribution in [0.15, 0.2) is 143 Å². The molecule has 218 valence electrons. The van der Waals surface area contributed by atoms with Crippen LogP contribution < -0.4 is 10.2 Å². The molecule has 2 heterocycles. The Balaban J connectivity index is 1.25. The van der Waals surface area contributed by atoms with E-state index in [0.717, 1.165) is 29.4 Å². The van der Waals surface area contributed by atoms with E-state index in [1.807, 2.05) is 6.07 Å². The van der Waals surface area contributed by atoms with Crippen LogP contribution in [-0.2, 0) is 0 Å². The van der Waals surface area contributed by atoms with Gasteiger partial charge in [-0.2, -0.15) is 0 Å². The van der Waals surface area contributed by atoms with E-state index >= 15 is 0 Å². The molecule has 1 fully saturated rings. The van der Waals surface area contributed by atoms with Crippen LogP contribution in [0.25, 0.3) is 65.7 Å². The summed E-state index contributed by atoms with van der Waals surface area (Å²) in [6.07, 6.45) is 7.17. The van der Waals surface area contributed by atoms with Crippen molar-refractivity contribution in [1.82, 2.24) is 5.32 Å². The fraction of sp³-hybridized carbons (Fsp3) is 0.143. The zero-order chi connectivity index (χ0) is 30.1. The fourth-order valence-corrected chi connectivity index (χ4v) is 7.71. The number of para-hydroxylation sites is 1. The minimum absolute atomic E-state index is 0.265. The number of anilines is 1. The number of allylic oxidation sites excluding steroid dienone is 2. The molecule has 3 nitrogen and oxygen atoms in total. The van der Waals surface area contributed by atoms with Crippen molar-refractivity contribution in [2.45, 2.75) is 32.9 Å². The molecule has 0 spiro atoms. The molecular formula is C42H34N2O. The van der Waals surface area contributed by atoms with Crippen LogP contribution >= 0.6 is 0 Å². The molecule has 3 heteroatoms. The van der Waals surface area contributed by atoms with E-state index < -0.39 is 0 Å². The second-order valence-electron chi connectivity index (χ2n) is 12.5. The van der Waals surface area contributed by atoms with E-state index in [1.54, 1.807) is 0 Å². The zero-order valence-corrected chi connectivity index (χ0v) is 25.5. The van der Waals surface area contributed by atoms with Gasteiger partial charge < -0.3 is 14.6 Å². The first-order chi connectivity index (χ1) is 22.2. The Labute approximate surface area is 263 Å². The maximum Gasteiger partial charge on any atom is 0.136 e. The minimum atomic E-state index is 0.265. The van der Waals surface area contributed by atoms with Crippen LogP contribution in [0.3, 0.4) is 0 Å². The molecule has 0 radical (unpaired) electrons. The summed E-state index contributed by atoms with van der Waals surface area (Å²) in [4.78, 5) is 2.48. The smallest absolute Gasteiger partial charge is 0.136 e. The van der Waals surface area contributed by atoms with Gasteiger partial charge in [0.05, 0.1) is 11.4 Å². The quantitative estimate of drug-likeness (QED) is 0.209. The van der Waals surface area contributed by atoms with Gasteiger partial charge in [0.2, 0.25) is 0 Å². The van der Waals surface area contributed by atoms with Crippen LogP contribution in [0.5, 0.6) is 0 Å². The summed E-state index contributed by atoms with van der Waals surface area (Å²) in [5.41, 5.74) is 10.6. The average Bonchev–Trinajstić information content (AvgIpc) is 3.65. The van der Waals surface area contributed by atoms with Gasteiger partial charge in [-0.3, -0.25) is 0 Å². The summed E-state index contributed by atoms with van der Waals surface area (Å²) in [5, 5.41) is 11.1. The Hall–Kier alpha value is -5.28. The zero-order valence-electron chi connectivity index (χ0n) is 25.5. The van der Waals surface area contributed by atoms with Gasteiger partial charge in [-0.25, -0.2) is 0 Å². The Kier molecular flexibility index (Phi) is 5.89. The van der Waals surface area contributed by atoms with Gasteiger partial charge in [0.25, 0.3) is 0 Å². The van der Waals surface area contributed by atoms with Crippen LogP contribution in [0.4, 0.5) is 5.69 Å². The molecule has 2 atom stereocenters. The predicted octanol–water partition coefficient (Wildman–Crippen LogP) is 11.2. The van der Waals surface area contributed by atoms with Crippen LogP contribution in [0, 0.1) is 5.92 Å². The number of hydrogen-bond acceptors (Lipinski definition) is 3. The lowest BCUT2D eigenvalue weighted by Gasteiger charge is -2.27. The molecule has 45 heavy (non-hydrogen) atoms. The summed E-state index contributed by atoms with van der Waals surface area (Å²) in [6, 6.07) is 41.8. The van der Waals surface area contributed by atoms with Crippen molar-refractivity contribution < 1.29 is 4.42 Å². The monoisotopic (exact) mass is 582 g/mol. The largest absolute Gasteiger partial charge is 0.456 e. The van der Waals surface area contributed by atoms with Crippen molar-refractivity contribution in [3.8, 4) is 22.3 Å². The maximum absolute atomic E-state index is 6.32. The summed E-state index contributed by atoms with van der Waals surface area (Å²) in [5.74, 6) is 0.569. The topological polar surface area (TPSA) is 28.4 Å². The molecule has 1 N–H and O–H groups in total. The summed E-state index contributed by atoms with van der Waals surface area (Å²) < 4.78 is 6.32. The van der Waals surface area contributed by atoms with Crippen molar-refractivity contribution in [1.29, 1.82) is 0 Å². The summed E-state index contributed by atoms with van der Waals surface area (Å²) in [6.45, 7) is 4.55. The van der Waals surface area contributed by atoms with Gasteiger partial charge >= 0.3 is 0 Å². The van der Waals surface area contributed by atoms with Crippen molar-refractivity contribution in [3.63, 3.8) is 0 Å². The van der Waals surface area contributed by atoms with Crippen molar-refractivity contribution in [2.75, 3.05) is 4.90 Å². The highest BCUT2D eigenvalue weighted by Crippen LogP contribution is 2.47. The molecule has 0 saturated carbocycles. The lowest BCUT2D eigenvalue weighted by Crippen LogP contribution is -2.34. The molecule has 6 aromatic carbocycles. The van der Waals surface area contributed by atoms with Crippen molar-refractivity contribution >= 4 is 49.2 Å². The maximum atomic E-state index is 6.32. The van der Waals surface area contributed by atoms with Gasteiger partial charge in [-0.05, 0) is 86.8 Å². The molecule has 1 aromatic heterocycles. The van der Waals surface area contributed by atoms with E-state index in [9.17, 15) is 0 Å². The highest BCUT2D eigenvalue weighted by Gasteiger charge is 2.33. The highest BCUT2D eigenvalue weighted by molar-refractivity contribution is 6.25. The first kappa shape index (κ1) is 26.2. The van der Waals surface area contributed by atoms with Gasteiger partial charge in [-0.15, -0.1) is 0 Å². The average molecular weight is 583 g/mol. The molecule has 1 aliphatic carbocycles. The van der Waals surface area contributed by atoms with E-state index in [2.05, 4.69) is 145 Å². The van der Waals surface area contributed by atoms with Gasteiger partial charge in [0.1, 0.15) is 17.3 Å². The lowest BCUT2D eigenvalue weighted by molar-refractivity contribution is 0.604. The first-order valence-electron chi connectivity index (χ1n) is 16.1. The molecule has 2 unspecified atom stereocenters. The molecular weight excluding hydrogens is 548 g/mol. The summed E-state index contributed by atoms with van der Waals surface area (Å²) >= 11 is 0. The third kappa shape index (κ3) is 3.97. The molecule has 1 aliphatic heterocycles. The van der Waals surface area contributed by atoms with Crippen molar-refractivity contribution in [3.05, 3.63) is 139 Å². The Bertz CT molecular complexity index is 2280. The highest BCUT2D eigenvalue weighted by atomic mass is 16.3. The predicted molar refractivity (Wildman–Crippen MR) is 189 cm³/mol.